The number of rotatable bonds is 7. The SMILES string of the molecule is O=C(CNC(=O)c1ccco1)OC(C(=O)Nc1cccc(C(F)(F)F)c1)c1ccccc1. The Bertz CT molecular complexity index is 1080. The van der Waals surface area contributed by atoms with Crippen molar-refractivity contribution in [1.29, 1.82) is 0 Å². The van der Waals surface area contributed by atoms with Crippen LogP contribution in [0, 0.1) is 0 Å². The Balaban J connectivity index is 1.71. The summed E-state index contributed by atoms with van der Waals surface area (Å²) >= 11 is 0. The monoisotopic (exact) mass is 446 g/mol. The van der Waals surface area contributed by atoms with Crippen LogP contribution in [0.15, 0.2) is 77.4 Å². The Morgan fingerprint density at radius 3 is 2.38 bits per heavy atom. The Kier molecular flexibility index (Phi) is 6.93. The molecule has 0 bridgehead atoms. The standard InChI is InChI=1S/C22H17F3N2O5/c23-22(24,25)15-8-4-9-16(12-15)27-21(30)19(14-6-2-1-3-7-14)32-18(28)13-26-20(29)17-10-5-11-31-17/h1-12,19H,13H2,(H,26,29)(H,27,30). The largest absolute Gasteiger partial charge is 0.459 e. The zero-order chi connectivity index (χ0) is 23.1. The molecule has 2 N–H and O–H groups in total. The van der Waals surface area contributed by atoms with Crippen LogP contribution >= 0.6 is 0 Å². The van der Waals surface area contributed by atoms with Crippen molar-refractivity contribution in [2.75, 3.05) is 11.9 Å². The molecule has 32 heavy (non-hydrogen) atoms. The van der Waals surface area contributed by atoms with Crippen LogP contribution in [0.1, 0.15) is 27.8 Å². The van der Waals surface area contributed by atoms with Crippen molar-refractivity contribution in [3.63, 3.8) is 0 Å². The highest BCUT2D eigenvalue weighted by Crippen LogP contribution is 2.31. The second-order valence-electron chi connectivity index (χ2n) is 6.51. The molecule has 0 saturated carbocycles. The quantitative estimate of drug-likeness (QED) is 0.536. The fraction of sp³-hybridized carbons (Fsp3) is 0.136. The lowest BCUT2D eigenvalue weighted by atomic mass is 10.1. The second-order valence-corrected chi connectivity index (χ2v) is 6.51. The summed E-state index contributed by atoms with van der Waals surface area (Å²) in [6, 6.07) is 14.9. The summed E-state index contributed by atoms with van der Waals surface area (Å²) in [5, 5.41) is 4.62. The molecule has 0 spiro atoms. The van der Waals surface area contributed by atoms with Gasteiger partial charge in [0.15, 0.2) is 5.76 Å². The molecule has 10 heteroatoms. The number of nitrogens with one attached hydrogen (secondary N) is 2. The lowest BCUT2D eigenvalue weighted by Gasteiger charge is -2.18. The summed E-state index contributed by atoms with van der Waals surface area (Å²) < 4.78 is 48.9. The molecule has 7 nitrogen and oxygen atoms in total. The molecule has 1 heterocycles. The number of alkyl halides is 3. The number of furan rings is 1. The van der Waals surface area contributed by atoms with E-state index in [4.69, 9.17) is 9.15 Å². The Morgan fingerprint density at radius 1 is 0.969 bits per heavy atom. The van der Waals surface area contributed by atoms with E-state index in [1.165, 1.54) is 36.6 Å². The zero-order valence-corrected chi connectivity index (χ0v) is 16.4. The van der Waals surface area contributed by atoms with E-state index in [1.807, 2.05) is 0 Å². The molecule has 3 rings (SSSR count). The summed E-state index contributed by atoms with van der Waals surface area (Å²) in [7, 11) is 0. The molecule has 2 amide bonds. The molecule has 2 aromatic carbocycles. The number of anilines is 1. The van der Waals surface area contributed by atoms with Crippen molar-refractivity contribution < 1.29 is 36.7 Å². The highest BCUT2D eigenvalue weighted by molar-refractivity contribution is 5.97. The number of carbonyl (C=O) groups is 3. The molecule has 3 aromatic rings. The average molecular weight is 446 g/mol. The minimum absolute atomic E-state index is 0.0142. The van der Waals surface area contributed by atoms with Gasteiger partial charge in [-0.15, -0.1) is 0 Å². The first-order valence-corrected chi connectivity index (χ1v) is 9.28. The second kappa shape index (κ2) is 9.82. The van der Waals surface area contributed by atoms with Crippen LogP contribution in [-0.4, -0.2) is 24.3 Å². The molecular formula is C22H17F3N2O5. The van der Waals surface area contributed by atoms with E-state index in [0.717, 1.165) is 18.2 Å². The zero-order valence-electron chi connectivity index (χ0n) is 16.4. The van der Waals surface area contributed by atoms with Crippen LogP contribution in [0.2, 0.25) is 0 Å². The molecular weight excluding hydrogens is 429 g/mol. The maximum Gasteiger partial charge on any atom is 0.416 e. The van der Waals surface area contributed by atoms with Gasteiger partial charge in [0, 0.05) is 11.3 Å². The Morgan fingerprint density at radius 2 is 1.72 bits per heavy atom. The number of esters is 1. The molecule has 0 fully saturated rings. The van der Waals surface area contributed by atoms with E-state index in [0.29, 0.717) is 5.56 Å². The van der Waals surface area contributed by atoms with Crippen LogP contribution < -0.4 is 10.6 Å². The number of halogens is 3. The van der Waals surface area contributed by atoms with Crippen molar-refractivity contribution in [3.8, 4) is 0 Å². The molecule has 1 atom stereocenters. The maximum atomic E-state index is 12.9. The van der Waals surface area contributed by atoms with E-state index in [9.17, 15) is 27.6 Å². The fourth-order valence-corrected chi connectivity index (χ4v) is 2.70. The summed E-state index contributed by atoms with van der Waals surface area (Å²) in [4.78, 5) is 36.9. The third-order valence-electron chi connectivity index (χ3n) is 4.19. The van der Waals surface area contributed by atoms with Crippen LogP contribution in [-0.2, 0) is 20.5 Å². The van der Waals surface area contributed by atoms with Crippen LogP contribution in [0.25, 0.3) is 0 Å². The van der Waals surface area contributed by atoms with Crippen molar-refractivity contribution in [1.82, 2.24) is 5.32 Å². The van der Waals surface area contributed by atoms with Crippen molar-refractivity contribution >= 4 is 23.5 Å². The first-order chi connectivity index (χ1) is 15.2. The van der Waals surface area contributed by atoms with Crippen molar-refractivity contribution in [3.05, 3.63) is 89.9 Å². The van der Waals surface area contributed by atoms with Gasteiger partial charge in [-0.05, 0) is 30.3 Å². The third-order valence-corrected chi connectivity index (χ3v) is 4.19. The van der Waals surface area contributed by atoms with Crippen molar-refractivity contribution in [2.45, 2.75) is 12.3 Å². The van der Waals surface area contributed by atoms with Gasteiger partial charge in [-0.1, -0.05) is 36.4 Å². The van der Waals surface area contributed by atoms with Gasteiger partial charge in [-0.3, -0.25) is 14.4 Å². The number of hydrogen-bond acceptors (Lipinski definition) is 5. The van der Waals surface area contributed by atoms with E-state index < -0.39 is 42.2 Å². The van der Waals surface area contributed by atoms with Crippen molar-refractivity contribution in [2.24, 2.45) is 0 Å². The number of benzene rings is 2. The third kappa shape index (κ3) is 5.97. The first kappa shape index (κ1) is 22.6. The Hall–Kier alpha value is -4.08. The van der Waals surface area contributed by atoms with E-state index in [-0.39, 0.29) is 11.4 Å². The predicted octanol–water partition coefficient (Wildman–Crippen LogP) is 3.95. The minimum atomic E-state index is -4.59. The van der Waals surface area contributed by atoms with E-state index in [1.54, 1.807) is 18.2 Å². The van der Waals surface area contributed by atoms with Gasteiger partial charge < -0.3 is 19.8 Å². The van der Waals surface area contributed by atoms with Gasteiger partial charge in [-0.2, -0.15) is 13.2 Å². The van der Waals surface area contributed by atoms with Gasteiger partial charge in [0.1, 0.15) is 6.54 Å². The van der Waals surface area contributed by atoms with Gasteiger partial charge >= 0.3 is 12.1 Å². The average Bonchev–Trinajstić information content (AvgIpc) is 3.31. The number of carbonyl (C=O) groups excluding carboxylic acids is 3. The molecule has 166 valence electrons. The summed E-state index contributed by atoms with van der Waals surface area (Å²) in [6.07, 6.45) is -4.76. The molecule has 0 aliphatic carbocycles. The van der Waals surface area contributed by atoms with E-state index in [2.05, 4.69) is 10.6 Å². The highest BCUT2D eigenvalue weighted by Gasteiger charge is 2.31. The summed E-state index contributed by atoms with van der Waals surface area (Å²) in [5.74, 6) is -2.46. The van der Waals surface area contributed by atoms with E-state index >= 15 is 0 Å². The Labute approximate surface area is 180 Å². The fourth-order valence-electron chi connectivity index (χ4n) is 2.70. The molecule has 0 aliphatic rings. The molecule has 1 unspecified atom stereocenters. The summed E-state index contributed by atoms with van der Waals surface area (Å²) in [5.41, 5.74) is -0.764. The van der Waals surface area contributed by atoms with Crippen LogP contribution in [0.4, 0.5) is 18.9 Å². The molecule has 1 aromatic heterocycles. The predicted molar refractivity (Wildman–Crippen MR) is 106 cm³/mol. The normalized spacial score (nSPS) is 12.0. The lowest BCUT2D eigenvalue weighted by Crippen LogP contribution is -2.33. The smallest absolute Gasteiger partial charge is 0.416 e. The topological polar surface area (TPSA) is 97.6 Å². The van der Waals surface area contributed by atoms with Crippen LogP contribution in [0.5, 0.6) is 0 Å². The maximum absolute atomic E-state index is 12.9. The minimum Gasteiger partial charge on any atom is -0.459 e. The van der Waals surface area contributed by atoms with Gasteiger partial charge in [0.25, 0.3) is 11.8 Å². The molecule has 0 aliphatic heterocycles. The number of ether oxygens (including phenoxy) is 1. The number of amides is 2. The number of hydrogen-bond donors (Lipinski definition) is 2. The lowest BCUT2D eigenvalue weighted by molar-refractivity contribution is -0.153. The van der Waals surface area contributed by atoms with Gasteiger partial charge in [0.2, 0.25) is 6.10 Å². The highest BCUT2D eigenvalue weighted by atomic mass is 19.4. The van der Waals surface area contributed by atoms with Gasteiger partial charge in [-0.25, -0.2) is 0 Å². The van der Waals surface area contributed by atoms with Crippen LogP contribution in [0.3, 0.4) is 0 Å². The molecule has 0 radical (unpaired) electrons. The van der Waals surface area contributed by atoms with Gasteiger partial charge in [0.05, 0.1) is 11.8 Å². The summed E-state index contributed by atoms with van der Waals surface area (Å²) in [6.45, 7) is -0.556. The molecule has 0 saturated heterocycles. The first-order valence-electron chi connectivity index (χ1n) is 9.28.